The molecule has 0 spiro atoms. The van der Waals surface area contributed by atoms with E-state index in [9.17, 15) is 9.59 Å². The number of amides is 2. The number of anilines is 1. The molecule has 4 rings (SSSR count). The molecule has 31 heavy (non-hydrogen) atoms. The van der Waals surface area contributed by atoms with Crippen LogP contribution in [0.3, 0.4) is 0 Å². The lowest BCUT2D eigenvalue weighted by Gasteiger charge is -2.30. The number of nitrogens with zero attached hydrogens (tertiary/aromatic N) is 3. The zero-order chi connectivity index (χ0) is 22.1. The number of aromatic nitrogens is 1. The summed E-state index contributed by atoms with van der Waals surface area (Å²) in [6.45, 7) is 4.10. The number of hydrogen-bond donors (Lipinski definition) is 1. The third-order valence-electron chi connectivity index (χ3n) is 5.04. The van der Waals surface area contributed by atoms with Crippen LogP contribution in [0.25, 0.3) is 5.69 Å². The van der Waals surface area contributed by atoms with E-state index in [1.165, 1.54) is 11.1 Å². The summed E-state index contributed by atoms with van der Waals surface area (Å²) in [6, 6.07) is 18.9. The van der Waals surface area contributed by atoms with E-state index in [2.05, 4.69) is 42.9 Å². The minimum Gasteiger partial charge on any atom is -0.319 e. The van der Waals surface area contributed by atoms with Crippen molar-refractivity contribution in [2.75, 3.05) is 4.90 Å². The summed E-state index contributed by atoms with van der Waals surface area (Å²) in [5, 5.41) is 2.65. The van der Waals surface area contributed by atoms with E-state index in [4.69, 9.17) is 12.2 Å². The van der Waals surface area contributed by atoms with E-state index >= 15 is 0 Å². The number of hydrogen-bond acceptors (Lipinski definition) is 4. The number of nitrogens with one attached hydrogen (secondary N) is 1. The Morgan fingerprint density at radius 3 is 2.13 bits per heavy atom. The molecule has 2 amide bonds. The summed E-state index contributed by atoms with van der Waals surface area (Å²) in [5.41, 5.74) is 4.54. The van der Waals surface area contributed by atoms with Crippen LogP contribution in [0.5, 0.6) is 0 Å². The summed E-state index contributed by atoms with van der Waals surface area (Å²) in [6.07, 6.45) is 1.37. The molecule has 2 aromatic carbocycles. The zero-order valence-corrected chi connectivity index (χ0v) is 19.3. The van der Waals surface area contributed by atoms with Crippen molar-refractivity contribution < 1.29 is 9.59 Å². The molecule has 0 saturated carbocycles. The Morgan fingerprint density at radius 2 is 1.52 bits per heavy atom. The Labute approximate surface area is 193 Å². The molecule has 1 aromatic heterocycles. The van der Waals surface area contributed by atoms with Crippen LogP contribution in [0.1, 0.15) is 11.4 Å². The van der Waals surface area contributed by atoms with Gasteiger partial charge in [0.1, 0.15) is 0 Å². The van der Waals surface area contributed by atoms with Crippen LogP contribution >= 0.6 is 28.1 Å². The lowest BCUT2D eigenvalue weighted by molar-refractivity contribution is -0.130. The highest BCUT2D eigenvalue weighted by Crippen LogP contribution is 2.24. The molecule has 8 heteroatoms. The molecule has 156 valence electrons. The number of halogens is 1. The predicted octanol–water partition coefficient (Wildman–Crippen LogP) is 4.62. The van der Waals surface area contributed by atoms with Gasteiger partial charge in [-0.25, -0.2) is 0 Å². The van der Waals surface area contributed by atoms with Crippen LogP contribution in [-0.2, 0) is 9.59 Å². The van der Waals surface area contributed by atoms with Crippen molar-refractivity contribution in [1.29, 1.82) is 0 Å². The van der Waals surface area contributed by atoms with Crippen LogP contribution in [0.2, 0.25) is 0 Å². The first-order chi connectivity index (χ1) is 14.8. The van der Waals surface area contributed by atoms with Gasteiger partial charge in [-0.3, -0.25) is 19.5 Å². The van der Waals surface area contributed by atoms with E-state index in [1.54, 1.807) is 24.3 Å². The largest absolute Gasteiger partial charge is 0.319 e. The van der Waals surface area contributed by atoms with Gasteiger partial charge in [-0.1, -0.05) is 15.9 Å². The minimum absolute atomic E-state index is 0.0591. The third-order valence-corrected chi connectivity index (χ3v) is 5.85. The average molecular weight is 495 g/mol. The first kappa shape index (κ1) is 21.1. The number of aryl methyl sites for hydroxylation is 2. The topological polar surface area (TPSA) is 66.7 Å². The molecule has 1 atom stereocenters. The van der Waals surface area contributed by atoms with Crippen molar-refractivity contribution in [2.45, 2.75) is 13.8 Å². The highest BCUT2D eigenvalue weighted by atomic mass is 79.9. The second-order valence-corrected chi connectivity index (χ2v) is 8.47. The molecule has 0 aliphatic carbocycles. The lowest BCUT2D eigenvalue weighted by Crippen LogP contribution is -2.58. The standard InChI is InChI=1S/C23H19BrN4O2S/c1-14-3-4-15(2)27(14)18-11-7-17(8-12-18)25-13-20-21(29)26-23(31)28(22(20)30)19-9-5-16(24)6-10-19/h3-13,20H,1-2H3,(H,26,29,31)/t20-/m0/s1. The maximum atomic E-state index is 13.0. The number of aliphatic imine (C=N–C) groups is 1. The fourth-order valence-corrected chi connectivity index (χ4v) is 4.04. The molecule has 1 fully saturated rings. The Kier molecular flexibility index (Phi) is 5.84. The normalized spacial score (nSPS) is 16.8. The molecule has 2 heterocycles. The number of carbonyl (C=O) groups is 2. The molecule has 1 aliphatic heterocycles. The molecule has 0 bridgehead atoms. The van der Waals surface area contributed by atoms with Crippen molar-refractivity contribution in [3.63, 3.8) is 0 Å². The second kappa shape index (κ2) is 8.56. The quantitative estimate of drug-likeness (QED) is 0.326. The summed E-state index contributed by atoms with van der Waals surface area (Å²) in [5.74, 6) is -1.98. The summed E-state index contributed by atoms with van der Waals surface area (Å²) < 4.78 is 3.02. The smallest absolute Gasteiger partial charge is 0.251 e. The van der Waals surface area contributed by atoms with Gasteiger partial charge in [0, 0.05) is 27.8 Å². The van der Waals surface area contributed by atoms with E-state index in [0.29, 0.717) is 11.4 Å². The van der Waals surface area contributed by atoms with Gasteiger partial charge < -0.3 is 9.88 Å². The van der Waals surface area contributed by atoms with Gasteiger partial charge in [0.25, 0.3) is 5.91 Å². The predicted molar refractivity (Wildman–Crippen MR) is 129 cm³/mol. The molecular formula is C23H19BrN4O2S. The second-order valence-electron chi connectivity index (χ2n) is 7.17. The first-order valence-electron chi connectivity index (χ1n) is 9.59. The van der Waals surface area contributed by atoms with E-state index < -0.39 is 17.7 Å². The van der Waals surface area contributed by atoms with Gasteiger partial charge in [-0.05, 0) is 86.7 Å². The molecule has 3 aromatic rings. The number of carbonyl (C=O) groups excluding carboxylic acids is 2. The van der Waals surface area contributed by atoms with Crippen LogP contribution in [0.4, 0.5) is 11.4 Å². The number of benzene rings is 2. The zero-order valence-electron chi connectivity index (χ0n) is 16.9. The van der Waals surface area contributed by atoms with E-state index in [-0.39, 0.29) is 5.11 Å². The van der Waals surface area contributed by atoms with Gasteiger partial charge in [-0.2, -0.15) is 0 Å². The van der Waals surface area contributed by atoms with Crippen molar-refractivity contribution in [3.05, 3.63) is 76.5 Å². The van der Waals surface area contributed by atoms with Crippen molar-refractivity contribution >= 4 is 62.7 Å². The van der Waals surface area contributed by atoms with Gasteiger partial charge in [0.2, 0.25) is 5.91 Å². The van der Waals surface area contributed by atoms with Crippen LogP contribution < -0.4 is 10.2 Å². The maximum absolute atomic E-state index is 13.0. The molecule has 1 aliphatic rings. The molecule has 1 N–H and O–H groups in total. The fraction of sp³-hybridized carbons (Fsp3) is 0.130. The highest BCUT2D eigenvalue weighted by molar-refractivity contribution is 9.10. The monoisotopic (exact) mass is 494 g/mol. The van der Waals surface area contributed by atoms with Gasteiger partial charge in [-0.15, -0.1) is 0 Å². The van der Waals surface area contributed by atoms with Crippen molar-refractivity contribution in [3.8, 4) is 5.69 Å². The van der Waals surface area contributed by atoms with E-state index in [1.807, 2.05) is 38.1 Å². The highest BCUT2D eigenvalue weighted by Gasteiger charge is 2.38. The Hall–Kier alpha value is -3.10. The first-order valence-corrected chi connectivity index (χ1v) is 10.8. The molecular weight excluding hydrogens is 476 g/mol. The summed E-state index contributed by atoms with van der Waals surface area (Å²) in [4.78, 5) is 31.1. The van der Waals surface area contributed by atoms with Gasteiger partial charge >= 0.3 is 0 Å². The van der Waals surface area contributed by atoms with Gasteiger partial charge in [0.05, 0.1) is 11.4 Å². The van der Waals surface area contributed by atoms with Crippen molar-refractivity contribution in [1.82, 2.24) is 9.88 Å². The SMILES string of the molecule is Cc1ccc(C)n1-c1ccc(N=C[C@H]2C(=O)NC(=S)N(c3ccc(Br)cc3)C2=O)cc1. The maximum Gasteiger partial charge on any atom is 0.251 e. The average Bonchev–Trinajstić information content (AvgIpc) is 3.07. The van der Waals surface area contributed by atoms with E-state index in [0.717, 1.165) is 21.5 Å². The molecule has 0 radical (unpaired) electrons. The summed E-state index contributed by atoms with van der Waals surface area (Å²) >= 11 is 8.58. The fourth-order valence-electron chi connectivity index (χ4n) is 3.48. The van der Waals surface area contributed by atoms with Crippen LogP contribution in [0, 0.1) is 19.8 Å². The van der Waals surface area contributed by atoms with Gasteiger partial charge in [0.15, 0.2) is 11.0 Å². The lowest BCUT2D eigenvalue weighted by atomic mass is 10.1. The Morgan fingerprint density at radius 1 is 0.935 bits per heavy atom. The molecule has 1 saturated heterocycles. The third kappa shape index (κ3) is 4.22. The van der Waals surface area contributed by atoms with Crippen LogP contribution in [-0.4, -0.2) is 27.7 Å². The minimum atomic E-state index is -1.07. The Bertz CT molecular complexity index is 1180. The molecule has 0 unspecified atom stereocenters. The molecule has 6 nitrogen and oxygen atoms in total. The summed E-state index contributed by atoms with van der Waals surface area (Å²) in [7, 11) is 0. The number of thiocarbonyl (C=S) groups is 1. The van der Waals surface area contributed by atoms with Crippen LogP contribution in [0.15, 0.2) is 70.1 Å². The Balaban J connectivity index is 1.56. The van der Waals surface area contributed by atoms with Crippen molar-refractivity contribution in [2.24, 2.45) is 10.9 Å². The number of rotatable bonds is 4.